The first-order chi connectivity index (χ1) is 11.2. The highest BCUT2D eigenvalue weighted by atomic mass is 16.5. The van der Waals surface area contributed by atoms with Crippen LogP contribution in [-0.4, -0.2) is 47.5 Å². The van der Waals surface area contributed by atoms with Gasteiger partial charge in [-0.1, -0.05) is 6.92 Å². The summed E-state index contributed by atoms with van der Waals surface area (Å²) in [5.41, 5.74) is 1.19. The first-order valence-electron chi connectivity index (χ1n) is 9.03. The molecule has 0 saturated carbocycles. The van der Waals surface area contributed by atoms with Crippen molar-refractivity contribution < 1.29 is 9.84 Å². The van der Waals surface area contributed by atoms with E-state index in [0.29, 0.717) is 6.10 Å². The highest BCUT2D eigenvalue weighted by molar-refractivity contribution is 5.31. The molecular weight excluding hydrogens is 290 g/mol. The standard InChI is InChI=1S/C18H29N3O2/c1-2-15-12-19-17(20-13-15)21-8-6-18(14-22,7-9-21)11-16-5-3-4-10-23-16/h12-13,16,22H,2-11,14H2,1H3. The van der Waals surface area contributed by atoms with Gasteiger partial charge in [0.1, 0.15) is 0 Å². The van der Waals surface area contributed by atoms with E-state index >= 15 is 0 Å². The van der Waals surface area contributed by atoms with Crippen LogP contribution in [0.25, 0.3) is 0 Å². The van der Waals surface area contributed by atoms with Crippen molar-refractivity contribution in [3.8, 4) is 0 Å². The maximum atomic E-state index is 9.99. The van der Waals surface area contributed by atoms with Crippen LogP contribution in [0.1, 0.15) is 51.0 Å². The summed E-state index contributed by atoms with van der Waals surface area (Å²) in [5.74, 6) is 0.822. The number of aliphatic hydroxyl groups is 1. The first-order valence-corrected chi connectivity index (χ1v) is 9.03. The van der Waals surface area contributed by atoms with Gasteiger partial charge in [0.05, 0.1) is 6.10 Å². The quantitative estimate of drug-likeness (QED) is 0.904. The molecule has 1 N–H and O–H groups in total. The molecule has 0 aliphatic carbocycles. The number of nitrogens with zero attached hydrogens (tertiary/aromatic N) is 3. The van der Waals surface area contributed by atoms with E-state index in [1.807, 2.05) is 12.4 Å². The van der Waals surface area contributed by atoms with E-state index < -0.39 is 0 Å². The number of aromatic nitrogens is 2. The molecule has 0 amide bonds. The van der Waals surface area contributed by atoms with Gasteiger partial charge in [-0.2, -0.15) is 0 Å². The van der Waals surface area contributed by atoms with Crippen molar-refractivity contribution in [2.45, 2.75) is 58.0 Å². The fraction of sp³-hybridized carbons (Fsp3) is 0.778. The monoisotopic (exact) mass is 319 g/mol. The number of aliphatic hydroxyl groups excluding tert-OH is 1. The second-order valence-corrected chi connectivity index (χ2v) is 7.08. The van der Waals surface area contributed by atoms with Crippen LogP contribution in [0.3, 0.4) is 0 Å². The zero-order chi connectivity index (χ0) is 16.1. The van der Waals surface area contributed by atoms with Gasteiger partial charge < -0.3 is 14.7 Å². The van der Waals surface area contributed by atoms with Crippen LogP contribution in [0.15, 0.2) is 12.4 Å². The van der Waals surface area contributed by atoms with Gasteiger partial charge in [0.2, 0.25) is 5.95 Å². The Morgan fingerprint density at radius 3 is 2.57 bits per heavy atom. The molecule has 5 nitrogen and oxygen atoms in total. The molecule has 2 fully saturated rings. The third kappa shape index (κ3) is 4.01. The Hall–Kier alpha value is -1.20. The van der Waals surface area contributed by atoms with E-state index in [0.717, 1.165) is 57.7 Å². The maximum Gasteiger partial charge on any atom is 0.225 e. The van der Waals surface area contributed by atoms with Crippen molar-refractivity contribution in [1.82, 2.24) is 9.97 Å². The van der Waals surface area contributed by atoms with Gasteiger partial charge in [0.15, 0.2) is 0 Å². The van der Waals surface area contributed by atoms with Crippen molar-refractivity contribution in [1.29, 1.82) is 0 Å². The molecule has 0 radical (unpaired) electrons. The number of ether oxygens (including phenoxy) is 1. The lowest BCUT2D eigenvalue weighted by Crippen LogP contribution is -2.45. The summed E-state index contributed by atoms with van der Waals surface area (Å²) in [7, 11) is 0. The van der Waals surface area contributed by atoms with Crippen LogP contribution in [0.4, 0.5) is 5.95 Å². The second-order valence-electron chi connectivity index (χ2n) is 7.08. The molecule has 23 heavy (non-hydrogen) atoms. The largest absolute Gasteiger partial charge is 0.396 e. The highest BCUT2D eigenvalue weighted by Gasteiger charge is 2.37. The molecule has 2 saturated heterocycles. The molecule has 1 aromatic rings. The number of rotatable bonds is 5. The SMILES string of the molecule is CCc1cnc(N2CCC(CO)(CC3CCCCO3)CC2)nc1. The summed E-state index contributed by atoms with van der Waals surface area (Å²) in [6.45, 7) is 5.09. The average molecular weight is 319 g/mol. The lowest BCUT2D eigenvalue weighted by atomic mass is 9.74. The second kappa shape index (κ2) is 7.58. The van der Waals surface area contributed by atoms with Gasteiger partial charge in [-0.15, -0.1) is 0 Å². The van der Waals surface area contributed by atoms with Gasteiger partial charge in [-0.3, -0.25) is 0 Å². The molecule has 2 aliphatic heterocycles. The Balaban J connectivity index is 1.58. The van der Waals surface area contributed by atoms with E-state index in [1.165, 1.54) is 18.4 Å². The number of hydrogen-bond donors (Lipinski definition) is 1. The minimum atomic E-state index is 0.0157. The minimum absolute atomic E-state index is 0.0157. The Kier molecular flexibility index (Phi) is 5.49. The van der Waals surface area contributed by atoms with Gasteiger partial charge in [0, 0.05) is 38.7 Å². The predicted molar refractivity (Wildman–Crippen MR) is 90.6 cm³/mol. The van der Waals surface area contributed by atoms with Crippen LogP contribution in [0.2, 0.25) is 0 Å². The van der Waals surface area contributed by atoms with Gasteiger partial charge in [-0.05, 0) is 55.9 Å². The van der Waals surface area contributed by atoms with Crippen molar-refractivity contribution >= 4 is 5.95 Å². The van der Waals surface area contributed by atoms with E-state index in [2.05, 4.69) is 21.8 Å². The lowest BCUT2D eigenvalue weighted by molar-refractivity contribution is -0.0355. The smallest absolute Gasteiger partial charge is 0.225 e. The Bertz CT molecular complexity index is 478. The number of hydrogen-bond acceptors (Lipinski definition) is 5. The molecule has 1 aromatic heterocycles. The summed E-state index contributed by atoms with van der Waals surface area (Å²) in [6, 6.07) is 0. The average Bonchev–Trinajstić information content (AvgIpc) is 2.63. The molecule has 0 aromatic carbocycles. The van der Waals surface area contributed by atoms with Crippen LogP contribution >= 0.6 is 0 Å². The van der Waals surface area contributed by atoms with Crippen molar-refractivity contribution in [3.63, 3.8) is 0 Å². The number of aryl methyl sites for hydroxylation is 1. The molecule has 0 spiro atoms. The van der Waals surface area contributed by atoms with Crippen LogP contribution in [-0.2, 0) is 11.2 Å². The van der Waals surface area contributed by atoms with Crippen LogP contribution in [0, 0.1) is 5.41 Å². The minimum Gasteiger partial charge on any atom is -0.396 e. The maximum absolute atomic E-state index is 9.99. The summed E-state index contributed by atoms with van der Waals surface area (Å²) in [5, 5.41) is 9.99. The van der Waals surface area contributed by atoms with E-state index in [4.69, 9.17) is 4.74 Å². The molecule has 128 valence electrons. The van der Waals surface area contributed by atoms with Crippen LogP contribution < -0.4 is 4.90 Å². The van der Waals surface area contributed by atoms with Gasteiger partial charge >= 0.3 is 0 Å². The molecule has 3 rings (SSSR count). The fourth-order valence-corrected chi connectivity index (χ4v) is 3.75. The topological polar surface area (TPSA) is 58.5 Å². The molecule has 1 atom stereocenters. The molecule has 0 bridgehead atoms. The molecule has 3 heterocycles. The number of piperidine rings is 1. The third-order valence-corrected chi connectivity index (χ3v) is 5.48. The third-order valence-electron chi connectivity index (χ3n) is 5.48. The van der Waals surface area contributed by atoms with Crippen molar-refractivity contribution in [2.24, 2.45) is 5.41 Å². The molecular formula is C18H29N3O2. The molecule has 1 unspecified atom stereocenters. The zero-order valence-corrected chi connectivity index (χ0v) is 14.2. The van der Waals surface area contributed by atoms with E-state index in [1.54, 1.807) is 0 Å². The van der Waals surface area contributed by atoms with E-state index in [-0.39, 0.29) is 12.0 Å². The fourth-order valence-electron chi connectivity index (χ4n) is 3.75. The van der Waals surface area contributed by atoms with Gasteiger partial charge in [-0.25, -0.2) is 9.97 Å². The summed E-state index contributed by atoms with van der Waals surface area (Å²) < 4.78 is 5.90. The predicted octanol–water partition coefficient (Wildman–Crippen LogP) is 2.58. The Morgan fingerprint density at radius 2 is 2.00 bits per heavy atom. The summed E-state index contributed by atoms with van der Waals surface area (Å²) in [4.78, 5) is 11.2. The Morgan fingerprint density at radius 1 is 1.26 bits per heavy atom. The highest BCUT2D eigenvalue weighted by Crippen LogP contribution is 2.38. The van der Waals surface area contributed by atoms with Crippen molar-refractivity contribution in [3.05, 3.63) is 18.0 Å². The van der Waals surface area contributed by atoms with Crippen LogP contribution in [0.5, 0.6) is 0 Å². The van der Waals surface area contributed by atoms with E-state index in [9.17, 15) is 5.11 Å². The summed E-state index contributed by atoms with van der Waals surface area (Å²) in [6.07, 6.45) is 11.7. The van der Waals surface area contributed by atoms with Crippen molar-refractivity contribution in [2.75, 3.05) is 31.2 Å². The first kappa shape index (κ1) is 16.7. The molecule has 5 heteroatoms. The lowest BCUT2D eigenvalue weighted by Gasteiger charge is -2.43. The summed E-state index contributed by atoms with van der Waals surface area (Å²) >= 11 is 0. The normalized spacial score (nSPS) is 24.6. The Labute approximate surface area is 139 Å². The van der Waals surface area contributed by atoms with Gasteiger partial charge in [0.25, 0.3) is 0 Å². The number of anilines is 1. The zero-order valence-electron chi connectivity index (χ0n) is 14.2. The molecule has 2 aliphatic rings.